The summed E-state index contributed by atoms with van der Waals surface area (Å²) in [5.74, 6) is -1.11. The van der Waals surface area contributed by atoms with Gasteiger partial charge < -0.3 is 15.7 Å². The average molecular weight is 352 g/mol. The zero-order chi connectivity index (χ0) is 17.9. The molecule has 0 fully saturated rings. The van der Waals surface area contributed by atoms with E-state index in [1.54, 1.807) is 6.07 Å². The highest BCUT2D eigenvalue weighted by atomic mass is 32.2. The Morgan fingerprint density at radius 1 is 1.21 bits per heavy atom. The van der Waals surface area contributed by atoms with E-state index < -0.39 is 17.9 Å². The van der Waals surface area contributed by atoms with Crippen molar-refractivity contribution in [2.24, 2.45) is 0 Å². The van der Waals surface area contributed by atoms with Gasteiger partial charge in [0.05, 0.1) is 0 Å². The van der Waals surface area contributed by atoms with Crippen LogP contribution in [-0.4, -0.2) is 40.9 Å². The summed E-state index contributed by atoms with van der Waals surface area (Å²) in [6.07, 6.45) is 3.08. The summed E-state index contributed by atoms with van der Waals surface area (Å²) in [7, 11) is 0. The molecule has 6 nitrogen and oxygen atoms in total. The summed E-state index contributed by atoms with van der Waals surface area (Å²) in [6, 6.07) is 6.61. The zero-order valence-electron chi connectivity index (χ0n) is 14.0. The highest BCUT2D eigenvalue weighted by Crippen LogP contribution is 2.11. The maximum atomic E-state index is 11.9. The Morgan fingerprint density at radius 2 is 1.92 bits per heavy atom. The molecule has 7 heteroatoms. The summed E-state index contributed by atoms with van der Waals surface area (Å²) >= 11 is 1.52. The van der Waals surface area contributed by atoms with Crippen LogP contribution >= 0.6 is 11.8 Å². The fraction of sp³-hybridized carbons (Fsp3) is 0.471. The highest BCUT2D eigenvalue weighted by Gasteiger charge is 2.19. The van der Waals surface area contributed by atoms with Gasteiger partial charge in [-0.15, -0.1) is 0 Å². The van der Waals surface area contributed by atoms with Gasteiger partial charge in [0.25, 0.3) is 0 Å². The Hall–Kier alpha value is -2.02. The second-order valence-electron chi connectivity index (χ2n) is 5.34. The van der Waals surface area contributed by atoms with Gasteiger partial charge in [-0.1, -0.05) is 19.1 Å². The Kier molecular flexibility index (Phi) is 8.93. The van der Waals surface area contributed by atoms with Crippen molar-refractivity contribution in [3.63, 3.8) is 0 Å². The predicted octanol–water partition coefficient (Wildman–Crippen LogP) is 2.29. The number of carbonyl (C=O) groups excluding carboxylic acids is 2. The van der Waals surface area contributed by atoms with Crippen LogP contribution in [0.2, 0.25) is 0 Å². The number of aryl methyl sites for hydroxylation is 1. The molecule has 0 aliphatic heterocycles. The largest absolute Gasteiger partial charge is 0.480 e. The Labute approximate surface area is 146 Å². The third-order valence-electron chi connectivity index (χ3n) is 3.44. The zero-order valence-corrected chi connectivity index (χ0v) is 14.8. The second kappa shape index (κ2) is 10.7. The number of benzene rings is 1. The molecule has 1 atom stereocenters. The molecular weight excluding hydrogens is 328 g/mol. The number of aliphatic carboxylic acids is 1. The van der Waals surface area contributed by atoms with Crippen LogP contribution in [0.5, 0.6) is 0 Å². The number of anilines is 1. The van der Waals surface area contributed by atoms with Crippen molar-refractivity contribution < 1.29 is 19.5 Å². The number of hydrogen-bond donors (Lipinski definition) is 3. The van der Waals surface area contributed by atoms with Gasteiger partial charge in [0, 0.05) is 18.5 Å². The number of carbonyl (C=O) groups is 3. The van der Waals surface area contributed by atoms with Crippen LogP contribution in [-0.2, 0) is 20.8 Å². The number of hydrogen-bond acceptors (Lipinski definition) is 4. The molecule has 24 heavy (non-hydrogen) atoms. The van der Waals surface area contributed by atoms with Crippen molar-refractivity contribution in [2.75, 3.05) is 17.3 Å². The SMILES string of the molecule is CCc1cccc(NC(=O)CCC(=O)NC(CCSC)C(=O)O)c1. The van der Waals surface area contributed by atoms with Crippen LogP contribution in [0.1, 0.15) is 31.7 Å². The molecule has 0 saturated carbocycles. The van der Waals surface area contributed by atoms with Crippen molar-refractivity contribution in [3.05, 3.63) is 29.8 Å². The normalized spacial score (nSPS) is 11.6. The van der Waals surface area contributed by atoms with E-state index in [0.29, 0.717) is 17.9 Å². The molecule has 1 aromatic rings. The van der Waals surface area contributed by atoms with Gasteiger partial charge >= 0.3 is 5.97 Å². The first-order chi connectivity index (χ1) is 11.5. The van der Waals surface area contributed by atoms with Crippen molar-refractivity contribution in [3.8, 4) is 0 Å². The van der Waals surface area contributed by atoms with Gasteiger partial charge in [0.15, 0.2) is 0 Å². The molecule has 0 heterocycles. The summed E-state index contributed by atoms with van der Waals surface area (Å²) in [5, 5.41) is 14.3. The number of rotatable bonds is 10. The fourth-order valence-corrected chi connectivity index (χ4v) is 2.55. The topological polar surface area (TPSA) is 95.5 Å². The number of carboxylic acid groups (broad SMARTS) is 1. The molecular formula is C17H24N2O4S. The van der Waals surface area contributed by atoms with Gasteiger partial charge in [-0.3, -0.25) is 9.59 Å². The standard InChI is InChI=1S/C17H24N2O4S/c1-3-12-5-4-6-13(11-12)18-15(20)7-8-16(21)19-14(17(22)23)9-10-24-2/h4-6,11,14H,3,7-10H2,1-2H3,(H,18,20)(H,19,21)(H,22,23). The smallest absolute Gasteiger partial charge is 0.326 e. The Morgan fingerprint density at radius 3 is 2.54 bits per heavy atom. The first-order valence-electron chi connectivity index (χ1n) is 7.86. The van der Waals surface area contributed by atoms with E-state index in [4.69, 9.17) is 5.11 Å². The molecule has 132 valence electrons. The molecule has 0 aliphatic rings. The lowest BCUT2D eigenvalue weighted by atomic mass is 10.1. The lowest BCUT2D eigenvalue weighted by molar-refractivity contribution is -0.141. The molecule has 3 N–H and O–H groups in total. The number of amides is 2. The summed E-state index contributed by atoms with van der Waals surface area (Å²) in [6.45, 7) is 2.03. The van der Waals surface area contributed by atoms with Crippen LogP contribution in [0.4, 0.5) is 5.69 Å². The molecule has 0 radical (unpaired) electrons. The maximum absolute atomic E-state index is 11.9. The van der Waals surface area contributed by atoms with E-state index in [9.17, 15) is 14.4 Å². The van der Waals surface area contributed by atoms with Crippen molar-refractivity contribution >= 4 is 35.2 Å². The molecule has 0 saturated heterocycles. The minimum absolute atomic E-state index is 0.0110. The average Bonchev–Trinajstić information content (AvgIpc) is 2.56. The first-order valence-corrected chi connectivity index (χ1v) is 9.25. The summed E-state index contributed by atoms with van der Waals surface area (Å²) < 4.78 is 0. The van der Waals surface area contributed by atoms with Gasteiger partial charge in [-0.2, -0.15) is 11.8 Å². The molecule has 2 amide bonds. The molecule has 0 aliphatic carbocycles. The summed E-state index contributed by atoms with van der Waals surface area (Å²) in [4.78, 5) is 34.8. The quantitative estimate of drug-likeness (QED) is 0.600. The number of nitrogens with one attached hydrogen (secondary N) is 2. The summed E-state index contributed by atoms with van der Waals surface area (Å²) in [5.41, 5.74) is 1.81. The first kappa shape index (κ1) is 20.0. The highest BCUT2D eigenvalue weighted by molar-refractivity contribution is 7.98. The van der Waals surface area contributed by atoms with E-state index in [1.165, 1.54) is 11.8 Å². The van der Waals surface area contributed by atoms with E-state index in [1.807, 2.05) is 31.4 Å². The molecule has 1 rings (SSSR count). The lowest BCUT2D eigenvalue weighted by Gasteiger charge is -2.13. The van der Waals surface area contributed by atoms with Crippen LogP contribution in [0.3, 0.4) is 0 Å². The van der Waals surface area contributed by atoms with Crippen molar-refractivity contribution in [2.45, 2.75) is 38.6 Å². The van der Waals surface area contributed by atoms with E-state index in [0.717, 1.165) is 12.0 Å². The maximum Gasteiger partial charge on any atom is 0.326 e. The van der Waals surface area contributed by atoms with Crippen LogP contribution in [0.25, 0.3) is 0 Å². The van der Waals surface area contributed by atoms with Gasteiger partial charge in [0.2, 0.25) is 11.8 Å². The molecule has 1 unspecified atom stereocenters. The van der Waals surface area contributed by atoms with Gasteiger partial charge in [-0.05, 0) is 42.5 Å². The molecule has 0 bridgehead atoms. The third kappa shape index (κ3) is 7.50. The Balaban J connectivity index is 2.42. The van der Waals surface area contributed by atoms with Crippen LogP contribution in [0, 0.1) is 0 Å². The fourth-order valence-electron chi connectivity index (χ4n) is 2.08. The predicted molar refractivity (Wildman–Crippen MR) is 96.2 cm³/mol. The minimum atomic E-state index is -1.06. The van der Waals surface area contributed by atoms with Gasteiger partial charge in [-0.25, -0.2) is 4.79 Å². The van der Waals surface area contributed by atoms with Crippen molar-refractivity contribution in [1.82, 2.24) is 5.32 Å². The van der Waals surface area contributed by atoms with E-state index in [2.05, 4.69) is 10.6 Å². The van der Waals surface area contributed by atoms with E-state index >= 15 is 0 Å². The number of carboxylic acids is 1. The van der Waals surface area contributed by atoms with Crippen LogP contribution in [0.15, 0.2) is 24.3 Å². The lowest BCUT2D eigenvalue weighted by Crippen LogP contribution is -2.41. The van der Waals surface area contributed by atoms with Crippen LogP contribution < -0.4 is 10.6 Å². The van der Waals surface area contributed by atoms with Crippen molar-refractivity contribution in [1.29, 1.82) is 0 Å². The van der Waals surface area contributed by atoms with E-state index in [-0.39, 0.29) is 18.7 Å². The second-order valence-corrected chi connectivity index (χ2v) is 6.33. The number of thioether (sulfide) groups is 1. The third-order valence-corrected chi connectivity index (χ3v) is 4.09. The Bertz CT molecular complexity index is 577. The molecule has 0 spiro atoms. The monoisotopic (exact) mass is 352 g/mol. The minimum Gasteiger partial charge on any atom is -0.480 e. The van der Waals surface area contributed by atoms with Gasteiger partial charge in [0.1, 0.15) is 6.04 Å². The molecule has 1 aromatic carbocycles. The molecule has 0 aromatic heterocycles.